The third-order valence-electron chi connectivity index (χ3n) is 4.46. The predicted molar refractivity (Wildman–Crippen MR) is 85.1 cm³/mol. The van der Waals surface area contributed by atoms with Crippen LogP contribution < -0.4 is 0 Å². The highest BCUT2D eigenvalue weighted by molar-refractivity contribution is 5.79. The van der Waals surface area contributed by atoms with Crippen molar-refractivity contribution in [2.75, 3.05) is 13.1 Å². The Morgan fingerprint density at radius 1 is 1.23 bits per heavy atom. The number of hydrogen-bond acceptors (Lipinski definition) is 3. The minimum absolute atomic E-state index is 0.163. The Morgan fingerprint density at radius 2 is 1.91 bits per heavy atom. The van der Waals surface area contributed by atoms with E-state index >= 15 is 0 Å². The summed E-state index contributed by atoms with van der Waals surface area (Å²) >= 11 is 0. The van der Waals surface area contributed by atoms with Gasteiger partial charge in [-0.2, -0.15) is 0 Å². The van der Waals surface area contributed by atoms with Crippen LogP contribution in [0.15, 0.2) is 36.5 Å². The fraction of sp³-hybridized carbons (Fsp3) is 0.471. The summed E-state index contributed by atoms with van der Waals surface area (Å²) < 4.78 is 1.89. The van der Waals surface area contributed by atoms with Gasteiger partial charge < -0.3 is 4.90 Å². The Labute approximate surface area is 130 Å². The molecule has 2 heterocycles. The van der Waals surface area contributed by atoms with Gasteiger partial charge >= 0.3 is 0 Å². The lowest BCUT2D eigenvalue weighted by atomic mass is 9.98. The standard InChI is InChI=1S/C17H22N4O/c1-3-13(4-2)17(22)20-10-15(11-20)21-12-16(18-19-21)14-8-6-5-7-9-14/h5-9,12-13,15H,3-4,10-11H2,1-2H3. The highest BCUT2D eigenvalue weighted by Gasteiger charge is 2.34. The van der Waals surface area contributed by atoms with Crippen molar-refractivity contribution in [2.24, 2.45) is 5.92 Å². The van der Waals surface area contributed by atoms with Gasteiger partial charge in [0, 0.05) is 24.6 Å². The highest BCUT2D eigenvalue weighted by Crippen LogP contribution is 2.25. The molecule has 1 aromatic carbocycles. The van der Waals surface area contributed by atoms with Crippen LogP contribution in [-0.4, -0.2) is 38.9 Å². The monoisotopic (exact) mass is 298 g/mol. The van der Waals surface area contributed by atoms with Crippen LogP contribution in [0, 0.1) is 5.92 Å². The molecule has 1 aliphatic heterocycles. The van der Waals surface area contributed by atoms with Gasteiger partial charge in [-0.05, 0) is 12.8 Å². The average Bonchev–Trinajstić information content (AvgIpc) is 2.97. The van der Waals surface area contributed by atoms with E-state index in [0.717, 1.165) is 37.2 Å². The van der Waals surface area contributed by atoms with Crippen molar-refractivity contribution in [3.8, 4) is 11.3 Å². The van der Waals surface area contributed by atoms with E-state index in [9.17, 15) is 4.79 Å². The topological polar surface area (TPSA) is 51.0 Å². The first kappa shape index (κ1) is 14.8. The SMILES string of the molecule is CCC(CC)C(=O)N1CC(n2cc(-c3ccccc3)nn2)C1. The molecular formula is C17H22N4O. The maximum Gasteiger partial charge on any atom is 0.225 e. The summed E-state index contributed by atoms with van der Waals surface area (Å²) in [4.78, 5) is 14.2. The van der Waals surface area contributed by atoms with Crippen LogP contribution in [-0.2, 0) is 4.79 Å². The van der Waals surface area contributed by atoms with E-state index in [0.29, 0.717) is 0 Å². The molecule has 2 aromatic rings. The van der Waals surface area contributed by atoms with Crippen molar-refractivity contribution in [1.29, 1.82) is 0 Å². The van der Waals surface area contributed by atoms with Gasteiger partial charge in [-0.1, -0.05) is 49.4 Å². The highest BCUT2D eigenvalue weighted by atomic mass is 16.2. The van der Waals surface area contributed by atoms with Gasteiger partial charge in [0.25, 0.3) is 0 Å². The van der Waals surface area contributed by atoms with Crippen LogP contribution in [0.1, 0.15) is 32.7 Å². The molecule has 0 N–H and O–H groups in total. The Bertz CT molecular complexity index is 627. The number of likely N-dealkylation sites (tertiary alicyclic amines) is 1. The van der Waals surface area contributed by atoms with Gasteiger partial charge in [0.05, 0.1) is 12.2 Å². The molecule has 3 rings (SSSR count). The minimum atomic E-state index is 0.163. The Balaban J connectivity index is 1.62. The van der Waals surface area contributed by atoms with E-state index in [2.05, 4.69) is 24.2 Å². The summed E-state index contributed by atoms with van der Waals surface area (Å²) in [6.07, 6.45) is 3.80. The summed E-state index contributed by atoms with van der Waals surface area (Å²) in [6.45, 7) is 5.64. The predicted octanol–water partition coefficient (Wildman–Crippen LogP) is 2.76. The van der Waals surface area contributed by atoms with E-state index in [4.69, 9.17) is 0 Å². The fourth-order valence-corrected chi connectivity index (χ4v) is 2.90. The number of carbonyl (C=O) groups excluding carboxylic acids is 1. The van der Waals surface area contributed by atoms with Gasteiger partial charge in [0.1, 0.15) is 5.69 Å². The molecular weight excluding hydrogens is 276 g/mol. The lowest BCUT2D eigenvalue weighted by Crippen LogP contribution is -2.52. The maximum atomic E-state index is 12.3. The zero-order chi connectivity index (χ0) is 15.5. The summed E-state index contributed by atoms with van der Waals surface area (Å²) in [6, 6.07) is 10.3. The number of hydrogen-bond donors (Lipinski definition) is 0. The van der Waals surface area contributed by atoms with Gasteiger partial charge in [0.15, 0.2) is 0 Å². The summed E-state index contributed by atoms with van der Waals surface area (Å²) in [5.74, 6) is 0.446. The fourth-order valence-electron chi connectivity index (χ4n) is 2.90. The second-order valence-corrected chi connectivity index (χ2v) is 5.86. The third kappa shape index (κ3) is 2.75. The number of nitrogens with zero attached hydrogens (tertiary/aromatic N) is 4. The van der Waals surface area contributed by atoms with Gasteiger partial charge in [-0.15, -0.1) is 5.10 Å². The van der Waals surface area contributed by atoms with Gasteiger partial charge in [-0.3, -0.25) is 4.79 Å². The second-order valence-electron chi connectivity index (χ2n) is 5.86. The van der Waals surface area contributed by atoms with Crippen molar-refractivity contribution in [1.82, 2.24) is 19.9 Å². The van der Waals surface area contributed by atoms with Crippen molar-refractivity contribution < 1.29 is 4.79 Å². The normalized spacial score (nSPS) is 15.1. The van der Waals surface area contributed by atoms with Crippen molar-refractivity contribution in [2.45, 2.75) is 32.7 Å². The molecule has 0 unspecified atom stereocenters. The Morgan fingerprint density at radius 3 is 2.55 bits per heavy atom. The molecule has 116 valence electrons. The molecule has 5 heteroatoms. The van der Waals surface area contributed by atoms with E-state index in [1.165, 1.54) is 0 Å². The zero-order valence-corrected chi connectivity index (χ0v) is 13.1. The molecule has 1 fully saturated rings. The van der Waals surface area contributed by atoms with Crippen LogP contribution in [0.4, 0.5) is 0 Å². The molecule has 0 saturated carbocycles. The molecule has 22 heavy (non-hydrogen) atoms. The largest absolute Gasteiger partial charge is 0.338 e. The molecule has 0 radical (unpaired) electrons. The molecule has 1 amide bonds. The zero-order valence-electron chi connectivity index (χ0n) is 13.1. The number of amides is 1. The lowest BCUT2D eigenvalue weighted by molar-refractivity contribution is -0.141. The van der Waals surface area contributed by atoms with Crippen LogP contribution in [0.3, 0.4) is 0 Å². The third-order valence-corrected chi connectivity index (χ3v) is 4.46. The van der Waals surface area contributed by atoms with Gasteiger partial charge in [-0.25, -0.2) is 4.68 Å². The first-order valence-electron chi connectivity index (χ1n) is 7.99. The van der Waals surface area contributed by atoms with E-state index < -0.39 is 0 Å². The first-order valence-corrected chi connectivity index (χ1v) is 7.99. The molecule has 0 bridgehead atoms. The van der Waals surface area contributed by atoms with Crippen LogP contribution >= 0.6 is 0 Å². The van der Waals surface area contributed by atoms with Gasteiger partial charge in [0.2, 0.25) is 5.91 Å². The number of rotatable bonds is 5. The van der Waals surface area contributed by atoms with E-state index in [-0.39, 0.29) is 17.9 Å². The van der Waals surface area contributed by atoms with E-state index in [1.807, 2.05) is 46.1 Å². The second kappa shape index (κ2) is 6.30. The molecule has 0 aliphatic carbocycles. The molecule has 0 spiro atoms. The molecule has 5 nitrogen and oxygen atoms in total. The quantitative estimate of drug-likeness (QED) is 0.853. The molecule has 1 saturated heterocycles. The number of benzene rings is 1. The van der Waals surface area contributed by atoms with Crippen LogP contribution in [0.5, 0.6) is 0 Å². The lowest BCUT2D eigenvalue weighted by Gasteiger charge is -2.40. The first-order chi connectivity index (χ1) is 10.7. The van der Waals surface area contributed by atoms with E-state index in [1.54, 1.807) is 0 Å². The van der Waals surface area contributed by atoms with Crippen molar-refractivity contribution in [3.63, 3.8) is 0 Å². The molecule has 0 atom stereocenters. The Kier molecular flexibility index (Phi) is 4.22. The van der Waals surface area contributed by atoms with Crippen molar-refractivity contribution >= 4 is 5.91 Å². The average molecular weight is 298 g/mol. The molecule has 1 aromatic heterocycles. The smallest absolute Gasteiger partial charge is 0.225 e. The molecule has 1 aliphatic rings. The number of carbonyl (C=O) groups is 1. The summed E-state index contributed by atoms with van der Waals surface area (Å²) in [5, 5.41) is 8.46. The van der Waals surface area contributed by atoms with Crippen molar-refractivity contribution in [3.05, 3.63) is 36.5 Å². The number of aromatic nitrogens is 3. The van der Waals surface area contributed by atoms with Crippen LogP contribution in [0.2, 0.25) is 0 Å². The summed E-state index contributed by atoms with van der Waals surface area (Å²) in [5.41, 5.74) is 1.95. The maximum absolute atomic E-state index is 12.3. The summed E-state index contributed by atoms with van der Waals surface area (Å²) in [7, 11) is 0. The van der Waals surface area contributed by atoms with Crippen LogP contribution in [0.25, 0.3) is 11.3 Å². The minimum Gasteiger partial charge on any atom is -0.338 e. The Hall–Kier alpha value is -2.17.